The van der Waals surface area contributed by atoms with E-state index in [1.54, 1.807) is 24.5 Å². The molecular weight excluding hydrogens is 493 g/mol. The van der Waals surface area contributed by atoms with Crippen molar-refractivity contribution in [3.8, 4) is 11.3 Å². The lowest BCUT2D eigenvalue weighted by molar-refractivity contribution is 0.422. The quantitative estimate of drug-likeness (QED) is 0.158. The van der Waals surface area contributed by atoms with E-state index in [0.717, 1.165) is 22.1 Å². The third-order valence-electron chi connectivity index (χ3n) is 4.73. The highest BCUT2D eigenvalue weighted by atomic mass is 35.5. The summed E-state index contributed by atoms with van der Waals surface area (Å²) in [6.45, 7) is 0. The van der Waals surface area contributed by atoms with E-state index in [4.69, 9.17) is 21.6 Å². The van der Waals surface area contributed by atoms with Crippen LogP contribution in [0.3, 0.4) is 0 Å². The number of halogens is 3. The van der Waals surface area contributed by atoms with Gasteiger partial charge < -0.3 is 20.0 Å². The molecule has 0 atom stereocenters. The van der Waals surface area contributed by atoms with Crippen LogP contribution >= 0.6 is 11.6 Å². The minimum absolute atomic E-state index is 0.206. The number of aromatic nitrogens is 8. The molecule has 0 unspecified atom stereocenters. The molecule has 0 radical (unpaired) electrons. The predicted molar refractivity (Wildman–Crippen MR) is 130 cm³/mol. The molecule has 10 nitrogen and oxygen atoms in total. The molecule has 6 heterocycles. The minimum atomic E-state index is -1.78. The first-order valence-corrected chi connectivity index (χ1v) is 10.6. The van der Waals surface area contributed by atoms with E-state index < -0.39 is 19.0 Å². The first kappa shape index (κ1) is 24.8. The zero-order valence-electron chi connectivity index (χ0n) is 18.2. The Balaban J connectivity index is 0.000000133. The van der Waals surface area contributed by atoms with E-state index >= 15 is 0 Å². The molecule has 6 aromatic rings. The minimum Gasteiger partial charge on any atom is -0.423 e. The summed E-state index contributed by atoms with van der Waals surface area (Å²) in [5.41, 5.74) is 3.81. The molecule has 36 heavy (non-hydrogen) atoms. The third-order valence-corrected chi connectivity index (χ3v) is 5.01. The highest BCUT2D eigenvalue weighted by Crippen LogP contribution is 2.24. The number of nitrogens with zero attached hydrogens (tertiary/aromatic N) is 6. The molecule has 0 aromatic carbocycles. The standard InChI is InChI=1S/C11H7FN4.C6H4ClN3.C5H5BFNO2/c12-11-7(2-1-4-14-11)9-10-8(3-5-13-10)15-6-16-9;7-6-5-4(1-2-8-5)9-3-10-6;7-5-4(6(9)10)2-1-3-8-5/h1-6,13H;1-3,8H;1-3,9-10H. The molecule has 180 valence electrons. The fourth-order valence-electron chi connectivity index (χ4n) is 3.07. The molecule has 0 aliphatic rings. The number of rotatable bonds is 2. The molecule has 0 saturated heterocycles. The van der Waals surface area contributed by atoms with Gasteiger partial charge in [0, 0.05) is 30.3 Å². The molecule has 0 aliphatic heterocycles. The Morgan fingerprint density at radius 2 is 1.33 bits per heavy atom. The summed E-state index contributed by atoms with van der Waals surface area (Å²) in [6.07, 6.45) is 9.03. The molecule has 0 aliphatic carbocycles. The van der Waals surface area contributed by atoms with Gasteiger partial charge in [0.2, 0.25) is 11.9 Å². The monoisotopic (exact) mass is 508 g/mol. The van der Waals surface area contributed by atoms with Crippen molar-refractivity contribution < 1.29 is 18.8 Å². The summed E-state index contributed by atoms with van der Waals surface area (Å²) in [6, 6.07) is 9.67. The van der Waals surface area contributed by atoms with Crippen molar-refractivity contribution in [2.45, 2.75) is 0 Å². The summed E-state index contributed by atoms with van der Waals surface area (Å²) in [5.74, 6) is -1.38. The second-order valence-corrected chi connectivity index (χ2v) is 7.32. The van der Waals surface area contributed by atoms with Gasteiger partial charge in [0.25, 0.3) is 0 Å². The van der Waals surface area contributed by atoms with Crippen LogP contribution in [0.2, 0.25) is 5.15 Å². The van der Waals surface area contributed by atoms with Crippen LogP contribution in [0.25, 0.3) is 33.3 Å². The Kier molecular flexibility index (Phi) is 7.85. The van der Waals surface area contributed by atoms with Crippen LogP contribution in [0.15, 0.2) is 73.8 Å². The highest BCUT2D eigenvalue weighted by molar-refractivity contribution is 6.58. The summed E-state index contributed by atoms with van der Waals surface area (Å²) in [4.78, 5) is 28.7. The van der Waals surface area contributed by atoms with Crippen molar-refractivity contribution in [1.82, 2.24) is 39.9 Å². The van der Waals surface area contributed by atoms with Crippen LogP contribution in [0, 0.1) is 11.9 Å². The molecule has 0 bridgehead atoms. The molecule has 0 amide bonds. The maximum absolute atomic E-state index is 13.5. The van der Waals surface area contributed by atoms with Crippen molar-refractivity contribution in [2.24, 2.45) is 0 Å². The lowest BCUT2D eigenvalue weighted by Gasteiger charge is -2.02. The molecule has 6 rings (SSSR count). The van der Waals surface area contributed by atoms with Gasteiger partial charge in [0.15, 0.2) is 5.15 Å². The highest BCUT2D eigenvalue weighted by Gasteiger charge is 2.15. The van der Waals surface area contributed by atoms with Gasteiger partial charge in [0.05, 0.1) is 22.1 Å². The Morgan fingerprint density at radius 3 is 1.94 bits per heavy atom. The number of nitrogens with one attached hydrogen (secondary N) is 2. The fraction of sp³-hybridized carbons (Fsp3) is 0. The summed E-state index contributed by atoms with van der Waals surface area (Å²) < 4.78 is 25.9. The summed E-state index contributed by atoms with van der Waals surface area (Å²) in [5, 5.41) is 17.4. The van der Waals surface area contributed by atoms with E-state index in [-0.39, 0.29) is 5.46 Å². The van der Waals surface area contributed by atoms with E-state index in [1.165, 1.54) is 37.2 Å². The van der Waals surface area contributed by atoms with Gasteiger partial charge in [-0.3, -0.25) is 0 Å². The maximum atomic E-state index is 13.5. The van der Waals surface area contributed by atoms with Crippen LogP contribution in [-0.4, -0.2) is 57.0 Å². The van der Waals surface area contributed by atoms with E-state index in [1.807, 2.05) is 12.1 Å². The van der Waals surface area contributed by atoms with Crippen molar-refractivity contribution in [1.29, 1.82) is 0 Å². The first-order chi connectivity index (χ1) is 17.5. The average molecular weight is 509 g/mol. The Morgan fingerprint density at radius 1 is 0.722 bits per heavy atom. The van der Waals surface area contributed by atoms with Crippen LogP contribution in [-0.2, 0) is 0 Å². The largest absolute Gasteiger partial charge is 0.493 e. The lowest BCUT2D eigenvalue weighted by atomic mass is 9.81. The second-order valence-electron chi connectivity index (χ2n) is 6.96. The van der Waals surface area contributed by atoms with Crippen LogP contribution < -0.4 is 5.46 Å². The predicted octanol–water partition coefficient (Wildman–Crippen LogP) is 2.67. The summed E-state index contributed by atoms with van der Waals surface area (Å²) in [7, 11) is -1.78. The van der Waals surface area contributed by atoms with Gasteiger partial charge >= 0.3 is 7.12 Å². The first-order valence-electron chi connectivity index (χ1n) is 10.2. The van der Waals surface area contributed by atoms with Crippen molar-refractivity contribution in [3.05, 3.63) is 90.9 Å². The normalized spacial score (nSPS) is 10.4. The molecule has 0 saturated carbocycles. The number of hydrogen-bond donors (Lipinski definition) is 4. The van der Waals surface area contributed by atoms with Crippen LogP contribution in [0.1, 0.15) is 0 Å². The fourth-order valence-corrected chi connectivity index (χ4v) is 3.27. The Labute approximate surface area is 207 Å². The SMILES string of the molecule is Clc1ncnc2cc[nH]c12.Fc1ncccc1-c1ncnc2cc[nH]c12.OB(O)c1cccnc1F. The zero-order valence-corrected chi connectivity index (χ0v) is 19.0. The van der Waals surface area contributed by atoms with Gasteiger partial charge in [-0.25, -0.2) is 29.9 Å². The summed E-state index contributed by atoms with van der Waals surface area (Å²) >= 11 is 5.72. The van der Waals surface area contributed by atoms with E-state index in [2.05, 4.69) is 39.9 Å². The van der Waals surface area contributed by atoms with Gasteiger partial charge in [0.1, 0.15) is 23.9 Å². The van der Waals surface area contributed by atoms with Gasteiger partial charge in [-0.1, -0.05) is 17.7 Å². The van der Waals surface area contributed by atoms with E-state index in [0.29, 0.717) is 16.4 Å². The van der Waals surface area contributed by atoms with Crippen LogP contribution in [0.4, 0.5) is 8.78 Å². The maximum Gasteiger partial charge on any atom is 0.493 e. The topological polar surface area (TPSA) is 149 Å². The smallest absolute Gasteiger partial charge is 0.423 e. The molecule has 0 fully saturated rings. The van der Waals surface area contributed by atoms with Gasteiger partial charge in [-0.05, 0) is 30.3 Å². The van der Waals surface area contributed by atoms with Crippen LogP contribution in [0.5, 0.6) is 0 Å². The lowest BCUT2D eigenvalue weighted by Crippen LogP contribution is -2.33. The molecule has 0 spiro atoms. The average Bonchev–Trinajstić information content (AvgIpc) is 3.56. The molecule has 6 aromatic heterocycles. The molecular formula is C22H16BClF2N8O2. The number of fused-ring (bicyclic) bond motifs is 2. The number of H-pyrrole nitrogens is 2. The van der Waals surface area contributed by atoms with Crippen molar-refractivity contribution in [2.75, 3.05) is 0 Å². The van der Waals surface area contributed by atoms with Crippen molar-refractivity contribution >= 4 is 46.2 Å². The Hall–Kier alpha value is -4.33. The number of hydrogen-bond acceptors (Lipinski definition) is 8. The second kappa shape index (κ2) is 11.4. The van der Waals surface area contributed by atoms with Crippen molar-refractivity contribution in [3.63, 3.8) is 0 Å². The van der Waals surface area contributed by atoms with E-state index in [9.17, 15) is 8.78 Å². The Bertz CT molecular complexity index is 1600. The number of pyridine rings is 2. The zero-order chi connectivity index (χ0) is 25.5. The number of aromatic amines is 2. The molecule has 4 N–H and O–H groups in total. The molecule has 14 heteroatoms. The van der Waals surface area contributed by atoms with Gasteiger partial charge in [-0.2, -0.15) is 8.78 Å². The van der Waals surface area contributed by atoms with Gasteiger partial charge in [-0.15, -0.1) is 0 Å². The third kappa shape index (κ3) is 5.66.